The molecule has 0 aliphatic carbocycles. The number of allylic oxidation sites excluding steroid dienone is 1. The number of hydrogen-bond acceptors (Lipinski definition) is 4. The third-order valence-electron chi connectivity index (χ3n) is 4.76. The van der Waals surface area contributed by atoms with Crippen LogP contribution < -0.4 is 14.4 Å². The summed E-state index contributed by atoms with van der Waals surface area (Å²) in [4.78, 5) is 16.6. The fourth-order valence-corrected chi connectivity index (χ4v) is 3.43. The molecule has 0 N–H and O–H groups in total. The summed E-state index contributed by atoms with van der Waals surface area (Å²) < 4.78 is 11.1. The van der Waals surface area contributed by atoms with Gasteiger partial charge in [0.05, 0.1) is 7.11 Å². The van der Waals surface area contributed by atoms with Gasteiger partial charge >= 0.3 is 0 Å². The Kier molecular flexibility index (Phi) is 6.82. The first-order valence-corrected chi connectivity index (χ1v) is 9.67. The van der Waals surface area contributed by atoms with Crippen LogP contribution in [0.25, 0.3) is 0 Å². The second-order valence-corrected chi connectivity index (χ2v) is 7.05. The minimum atomic E-state index is -0.0250. The van der Waals surface area contributed by atoms with Crippen molar-refractivity contribution in [3.63, 3.8) is 0 Å². The molecule has 0 bridgehead atoms. The van der Waals surface area contributed by atoms with Gasteiger partial charge in [0.15, 0.2) is 18.1 Å². The third-order valence-corrected chi connectivity index (χ3v) is 5.00. The Balaban J connectivity index is 1.53. The molecule has 1 aliphatic rings. The Morgan fingerprint density at radius 2 is 1.93 bits per heavy atom. The molecule has 0 spiro atoms. The van der Waals surface area contributed by atoms with Crippen molar-refractivity contribution in [2.24, 2.45) is 0 Å². The minimum Gasteiger partial charge on any atom is -0.493 e. The molecular formula is C22H25ClN2O3. The number of nitrogens with zero attached hydrogens (tertiary/aromatic N) is 2. The normalized spacial score (nSPS) is 13.9. The van der Waals surface area contributed by atoms with Gasteiger partial charge in [0.25, 0.3) is 5.91 Å². The molecule has 1 fully saturated rings. The highest BCUT2D eigenvalue weighted by atomic mass is 35.5. The summed E-state index contributed by atoms with van der Waals surface area (Å²) in [5.41, 5.74) is 2.17. The number of halogens is 1. The number of rotatable bonds is 7. The van der Waals surface area contributed by atoms with Crippen molar-refractivity contribution in [2.45, 2.75) is 6.42 Å². The van der Waals surface area contributed by atoms with E-state index >= 15 is 0 Å². The van der Waals surface area contributed by atoms with Crippen LogP contribution in [0, 0.1) is 0 Å². The highest BCUT2D eigenvalue weighted by molar-refractivity contribution is 6.30. The lowest BCUT2D eigenvalue weighted by Gasteiger charge is -2.36. The van der Waals surface area contributed by atoms with Gasteiger partial charge in [-0.3, -0.25) is 4.79 Å². The molecule has 28 heavy (non-hydrogen) atoms. The lowest BCUT2D eigenvalue weighted by Crippen LogP contribution is -2.50. The quantitative estimate of drug-likeness (QED) is 0.663. The summed E-state index contributed by atoms with van der Waals surface area (Å²) in [6.07, 6.45) is 2.59. The van der Waals surface area contributed by atoms with Gasteiger partial charge in [-0.05, 0) is 42.3 Å². The molecule has 3 rings (SSSR count). The van der Waals surface area contributed by atoms with Crippen LogP contribution in [0.1, 0.15) is 5.56 Å². The Labute approximate surface area is 171 Å². The van der Waals surface area contributed by atoms with E-state index in [1.807, 2.05) is 53.4 Å². The summed E-state index contributed by atoms with van der Waals surface area (Å²) in [7, 11) is 1.59. The fraction of sp³-hybridized carbons (Fsp3) is 0.318. The zero-order chi connectivity index (χ0) is 19.9. The number of anilines is 1. The zero-order valence-electron chi connectivity index (χ0n) is 16.1. The Bertz CT molecular complexity index is 832. The smallest absolute Gasteiger partial charge is 0.260 e. The highest BCUT2D eigenvalue weighted by Gasteiger charge is 2.22. The van der Waals surface area contributed by atoms with Gasteiger partial charge in [-0.2, -0.15) is 0 Å². The summed E-state index contributed by atoms with van der Waals surface area (Å²) in [6, 6.07) is 13.5. The zero-order valence-corrected chi connectivity index (χ0v) is 16.8. The molecule has 6 heteroatoms. The molecule has 0 atom stereocenters. The van der Waals surface area contributed by atoms with Crippen molar-refractivity contribution in [3.8, 4) is 11.5 Å². The van der Waals surface area contributed by atoms with Crippen molar-refractivity contribution in [3.05, 3.63) is 65.7 Å². The van der Waals surface area contributed by atoms with Gasteiger partial charge in [0.2, 0.25) is 0 Å². The molecule has 2 aromatic carbocycles. The lowest BCUT2D eigenvalue weighted by atomic mass is 10.1. The molecule has 1 aliphatic heterocycles. The summed E-state index contributed by atoms with van der Waals surface area (Å²) in [6.45, 7) is 6.59. The average Bonchev–Trinajstić information content (AvgIpc) is 2.73. The number of benzene rings is 2. The molecule has 0 radical (unpaired) electrons. The minimum absolute atomic E-state index is 0.00562. The van der Waals surface area contributed by atoms with Crippen molar-refractivity contribution < 1.29 is 14.3 Å². The SMILES string of the molecule is C=CCc1ccc(OCC(=O)N2CCN(c3cccc(Cl)c3)CC2)c(OC)c1. The van der Waals surface area contributed by atoms with Crippen molar-refractivity contribution in [1.82, 2.24) is 4.90 Å². The van der Waals surface area contributed by atoms with E-state index in [2.05, 4.69) is 11.5 Å². The van der Waals surface area contributed by atoms with Crippen molar-refractivity contribution in [2.75, 3.05) is 44.8 Å². The van der Waals surface area contributed by atoms with Crippen molar-refractivity contribution in [1.29, 1.82) is 0 Å². The van der Waals surface area contributed by atoms with Crippen LogP contribution in [-0.4, -0.2) is 50.7 Å². The van der Waals surface area contributed by atoms with E-state index in [1.165, 1.54) is 0 Å². The molecule has 1 heterocycles. The number of carbonyl (C=O) groups is 1. The van der Waals surface area contributed by atoms with Gasteiger partial charge < -0.3 is 19.3 Å². The Morgan fingerprint density at radius 1 is 1.14 bits per heavy atom. The second-order valence-electron chi connectivity index (χ2n) is 6.61. The number of hydrogen-bond donors (Lipinski definition) is 0. The summed E-state index contributed by atoms with van der Waals surface area (Å²) >= 11 is 6.07. The van der Waals surface area contributed by atoms with E-state index in [-0.39, 0.29) is 12.5 Å². The topological polar surface area (TPSA) is 42.0 Å². The van der Waals surface area contributed by atoms with Crippen molar-refractivity contribution >= 4 is 23.2 Å². The van der Waals surface area contributed by atoms with E-state index < -0.39 is 0 Å². The molecule has 2 aromatic rings. The molecule has 0 saturated carbocycles. The van der Waals surface area contributed by atoms with Gasteiger partial charge in [0.1, 0.15) is 0 Å². The van der Waals surface area contributed by atoms with Gasteiger partial charge in [-0.25, -0.2) is 0 Å². The Morgan fingerprint density at radius 3 is 2.61 bits per heavy atom. The molecule has 0 aromatic heterocycles. The second kappa shape index (κ2) is 9.51. The molecule has 5 nitrogen and oxygen atoms in total. The third kappa shape index (κ3) is 4.98. The van der Waals surface area contributed by atoms with Crippen LogP contribution in [0.5, 0.6) is 11.5 Å². The van der Waals surface area contributed by atoms with Crippen LogP contribution in [0.4, 0.5) is 5.69 Å². The number of amides is 1. The van der Waals surface area contributed by atoms with Crippen LogP contribution in [0.3, 0.4) is 0 Å². The molecule has 1 saturated heterocycles. The molecule has 148 valence electrons. The first kappa shape index (κ1) is 20.1. The van der Waals surface area contributed by atoms with E-state index in [4.69, 9.17) is 21.1 Å². The number of carbonyl (C=O) groups excluding carboxylic acids is 1. The predicted molar refractivity (Wildman–Crippen MR) is 113 cm³/mol. The number of methoxy groups -OCH3 is 1. The lowest BCUT2D eigenvalue weighted by molar-refractivity contribution is -0.133. The van der Waals surface area contributed by atoms with Crippen LogP contribution >= 0.6 is 11.6 Å². The van der Waals surface area contributed by atoms with Crippen LogP contribution in [0.15, 0.2) is 55.1 Å². The van der Waals surface area contributed by atoms with E-state index in [1.54, 1.807) is 7.11 Å². The number of piperazine rings is 1. The number of ether oxygens (including phenoxy) is 2. The monoisotopic (exact) mass is 400 g/mol. The van der Waals surface area contributed by atoms with E-state index in [0.29, 0.717) is 24.6 Å². The average molecular weight is 401 g/mol. The maximum atomic E-state index is 12.5. The molecular weight excluding hydrogens is 376 g/mol. The standard InChI is InChI=1S/C22H25ClN2O3/c1-3-5-17-8-9-20(21(14-17)27-2)28-16-22(26)25-12-10-24(11-13-25)19-7-4-6-18(23)15-19/h3-4,6-9,14-15H,1,5,10-13,16H2,2H3. The van der Waals surface area contributed by atoms with E-state index in [9.17, 15) is 4.79 Å². The first-order valence-electron chi connectivity index (χ1n) is 9.29. The van der Waals surface area contributed by atoms with Gasteiger partial charge in [-0.1, -0.05) is 29.8 Å². The Hall–Kier alpha value is -2.66. The maximum absolute atomic E-state index is 12.5. The summed E-state index contributed by atoms with van der Waals surface area (Å²) in [5, 5.41) is 0.720. The van der Waals surface area contributed by atoms with Gasteiger partial charge in [0, 0.05) is 36.9 Å². The largest absolute Gasteiger partial charge is 0.493 e. The highest BCUT2D eigenvalue weighted by Crippen LogP contribution is 2.28. The van der Waals surface area contributed by atoms with Crippen LogP contribution in [-0.2, 0) is 11.2 Å². The summed E-state index contributed by atoms with van der Waals surface area (Å²) in [5.74, 6) is 1.17. The van der Waals surface area contributed by atoms with E-state index in [0.717, 1.165) is 35.8 Å². The van der Waals surface area contributed by atoms with Gasteiger partial charge in [-0.15, -0.1) is 6.58 Å². The first-order chi connectivity index (χ1) is 13.6. The predicted octanol–water partition coefficient (Wildman–Crippen LogP) is 3.80. The fourth-order valence-electron chi connectivity index (χ4n) is 3.24. The molecule has 0 unspecified atom stereocenters. The van der Waals surface area contributed by atoms with Crippen LogP contribution in [0.2, 0.25) is 5.02 Å². The molecule has 1 amide bonds. The maximum Gasteiger partial charge on any atom is 0.260 e.